The highest BCUT2D eigenvalue weighted by molar-refractivity contribution is 7.89. The number of anilines is 1. The van der Waals surface area contributed by atoms with Crippen molar-refractivity contribution in [1.82, 2.24) is 9.29 Å². The molecule has 0 amide bonds. The first-order valence-corrected chi connectivity index (χ1v) is 8.08. The van der Waals surface area contributed by atoms with E-state index in [4.69, 9.17) is 4.74 Å². The third kappa shape index (κ3) is 3.91. The molecule has 1 aromatic heterocycles. The molecule has 6 nitrogen and oxygen atoms in total. The smallest absolute Gasteiger partial charge is 0.247 e. The van der Waals surface area contributed by atoms with E-state index in [1.165, 1.54) is 4.31 Å². The van der Waals surface area contributed by atoms with Gasteiger partial charge in [0, 0.05) is 32.4 Å². The first-order valence-electron chi connectivity index (χ1n) is 6.64. The zero-order chi connectivity index (χ0) is 15.2. The molecule has 1 heterocycles. The van der Waals surface area contributed by atoms with Gasteiger partial charge in [-0.2, -0.15) is 4.31 Å². The largest absolute Gasteiger partial charge is 0.383 e. The zero-order valence-corrected chi connectivity index (χ0v) is 13.3. The third-order valence-electron chi connectivity index (χ3n) is 2.79. The number of aromatic nitrogens is 1. The van der Waals surface area contributed by atoms with Gasteiger partial charge in [0.15, 0.2) is 0 Å². The highest BCUT2D eigenvalue weighted by Gasteiger charge is 2.29. The number of nitrogens with one attached hydrogen (secondary N) is 1. The monoisotopic (exact) mass is 301 g/mol. The van der Waals surface area contributed by atoms with Crippen molar-refractivity contribution in [3.8, 4) is 0 Å². The minimum absolute atomic E-state index is 0.148. The van der Waals surface area contributed by atoms with Gasteiger partial charge in [-0.05, 0) is 32.9 Å². The van der Waals surface area contributed by atoms with Crippen LogP contribution in [0.5, 0.6) is 0 Å². The number of hydrogen-bond donors (Lipinski definition) is 1. The summed E-state index contributed by atoms with van der Waals surface area (Å²) in [5, 5.41) is 2.98. The molecule has 0 aromatic carbocycles. The van der Waals surface area contributed by atoms with E-state index >= 15 is 0 Å². The van der Waals surface area contributed by atoms with Crippen molar-refractivity contribution >= 4 is 15.8 Å². The van der Waals surface area contributed by atoms with Gasteiger partial charge < -0.3 is 10.1 Å². The summed E-state index contributed by atoms with van der Waals surface area (Å²) in [5.74, 6) is 0.387. The number of hydrogen-bond acceptors (Lipinski definition) is 5. The van der Waals surface area contributed by atoms with Gasteiger partial charge in [-0.15, -0.1) is 0 Å². The van der Waals surface area contributed by atoms with E-state index < -0.39 is 10.0 Å². The molecular formula is C13H23N3O3S. The van der Waals surface area contributed by atoms with Gasteiger partial charge in [0.2, 0.25) is 10.0 Å². The third-order valence-corrected chi connectivity index (χ3v) is 4.90. The van der Waals surface area contributed by atoms with Gasteiger partial charge >= 0.3 is 0 Å². The van der Waals surface area contributed by atoms with Gasteiger partial charge in [-0.25, -0.2) is 13.4 Å². The molecule has 0 saturated carbocycles. The van der Waals surface area contributed by atoms with Crippen LogP contribution < -0.4 is 5.32 Å². The summed E-state index contributed by atoms with van der Waals surface area (Å²) in [6, 6.07) is 3.05. The maximum absolute atomic E-state index is 12.8. The Hall–Kier alpha value is -1.18. The molecule has 7 heteroatoms. The number of nitrogens with zero attached hydrogens (tertiary/aromatic N) is 2. The highest BCUT2D eigenvalue weighted by Crippen LogP contribution is 2.23. The van der Waals surface area contributed by atoms with Crippen LogP contribution in [0.25, 0.3) is 0 Å². The van der Waals surface area contributed by atoms with E-state index in [0.29, 0.717) is 25.5 Å². The molecule has 0 unspecified atom stereocenters. The van der Waals surface area contributed by atoms with E-state index in [0.717, 1.165) is 0 Å². The Kier molecular flexibility index (Phi) is 6.38. The Morgan fingerprint density at radius 3 is 2.70 bits per heavy atom. The number of methoxy groups -OCH3 is 1. The Balaban J connectivity index is 3.19. The number of pyridine rings is 1. The Morgan fingerprint density at radius 2 is 2.15 bits per heavy atom. The molecular weight excluding hydrogens is 278 g/mol. The number of rotatable bonds is 8. The lowest BCUT2D eigenvalue weighted by molar-refractivity contribution is 0.171. The van der Waals surface area contributed by atoms with Crippen LogP contribution in [-0.4, -0.2) is 50.6 Å². The first kappa shape index (κ1) is 16.9. The molecule has 0 spiro atoms. The van der Waals surface area contributed by atoms with Crippen LogP contribution in [0.1, 0.15) is 20.8 Å². The van der Waals surface area contributed by atoms with Crippen LogP contribution in [0, 0.1) is 0 Å². The predicted octanol–water partition coefficient (Wildman–Crippen LogP) is 1.56. The number of sulfonamides is 1. The normalized spacial score (nSPS) is 12.1. The maximum atomic E-state index is 12.8. The topological polar surface area (TPSA) is 71.5 Å². The highest BCUT2D eigenvalue weighted by atomic mass is 32.2. The molecule has 0 atom stereocenters. The summed E-state index contributed by atoms with van der Waals surface area (Å²) >= 11 is 0. The molecule has 1 N–H and O–H groups in total. The van der Waals surface area contributed by atoms with Crippen molar-refractivity contribution in [1.29, 1.82) is 0 Å². The second kappa shape index (κ2) is 7.56. The molecule has 0 bridgehead atoms. The SMILES string of the molecule is CCNc1ncccc1S(=O)(=O)N(CCOC)C(C)C. The van der Waals surface area contributed by atoms with Gasteiger partial charge in [0.25, 0.3) is 0 Å². The van der Waals surface area contributed by atoms with Crippen LogP contribution in [0.3, 0.4) is 0 Å². The van der Waals surface area contributed by atoms with Crippen molar-refractivity contribution in [3.05, 3.63) is 18.3 Å². The average molecular weight is 301 g/mol. The molecule has 1 rings (SSSR count). The van der Waals surface area contributed by atoms with Crippen molar-refractivity contribution in [3.63, 3.8) is 0 Å². The second-order valence-corrected chi connectivity index (χ2v) is 6.44. The fourth-order valence-electron chi connectivity index (χ4n) is 1.86. The molecule has 0 aliphatic rings. The van der Waals surface area contributed by atoms with Crippen LogP contribution in [0.15, 0.2) is 23.2 Å². The van der Waals surface area contributed by atoms with Crippen molar-refractivity contribution in [2.75, 3.05) is 32.1 Å². The lowest BCUT2D eigenvalue weighted by atomic mass is 10.4. The molecule has 0 saturated heterocycles. The average Bonchev–Trinajstić information content (AvgIpc) is 2.39. The van der Waals surface area contributed by atoms with Crippen LogP contribution in [-0.2, 0) is 14.8 Å². The molecule has 0 aliphatic carbocycles. The van der Waals surface area contributed by atoms with E-state index in [1.807, 2.05) is 20.8 Å². The van der Waals surface area contributed by atoms with Gasteiger partial charge in [-0.3, -0.25) is 0 Å². The van der Waals surface area contributed by atoms with Crippen LogP contribution in [0.2, 0.25) is 0 Å². The lowest BCUT2D eigenvalue weighted by Gasteiger charge is -2.26. The summed E-state index contributed by atoms with van der Waals surface area (Å²) in [4.78, 5) is 4.31. The van der Waals surface area contributed by atoms with Crippen LogP contribution >= 0.6 is 0 Å². The summed E-state index contributed by atoms with van der Waals surface area (Å²) < 4.78 is 32.0. The minimum Gasteiger partial charge on any atom is -0.383 e. The molecule has 1 aromatic rings. The molecule has 0 fully saturated rings. The lowest BCUT2D eigenvalue weighted by Crippen LogP contribution is -2.39. The minimum atomic E-state index is -3.60. The van der Waals surface area contributed by atoms with Gasteiger partial charge in [0.1, 0.15) is 10.7 Å². The summed E-state index contributed by atoms with van der Waals surface area (Å²) in [5.41, 5.74) is 0. The first-order chi connectivity index (χ1) is 9.45. The Bertz CT molecular complexity index is 517. The fourth-order valence-corrected chi connectivity index (χ4v) is 3.60. The van der Waals surface area contributed by atoms with E-state index in [9.17, 15) is 8.42 Å². The quantitative estimate of drug-likeness (QED) is 0.789. The van der Waals surface area contributed by atoms with Gasteiger partial charge in [-0.1, -0.05) is 0 Å². The van der Waals surface area contributed by atoms with Crippen molar-refractivity contribution in [2.24, 2.45) is 0 Å². The summed E-state index contributed by atoms with van der Waals surface area (Å²) in [6.07, 6.45) is 1.58. The molecule has 20 heavy (non-hydrogen) atoms. The Labute approximate surface area is 121 Å². The van der Waals surface area contributed by atoms with Gasteiger partial charge in [0.05, 0.1) is 6.61 Å². The fraction of sp³-hybridized carbons (Fsp3) is 0.615. The molecule has 0 radical (unpaired) electrons. The number of ether oxygens (including phenoxy) is 1. The van der Waals surface area contributed by atoms with E-state index in [1.54, 1.807) is 25.4 Å². The Morgan fingerprint density at radius 1 is 1.45 bits per heavy atom. The van der Waals surface area contributed by atoms with E-state index in [-0.39, 0.29) is 10.9 Å². The predicted molar refractivity (Wildman–Crippen MR) is 79.3 cm³/mol. The zero-order valence-electron chi connectivity index (χ0n) is 12.5. The summed E-state index contributed by atoms with van der Waals surface area (Å²) in [6.45, 7) is 6.87. The second-order valence-electron chi connectivity index (χ2n) is 4.58. The molecule has 114 valence electrons. The standard InChI is InChI=1S/C13H23N3O3S/c1-5-14-13-12(7-6-8-15-13)20(17,18)16(11(2)3)9-10-19-4/h6-8,11H,5,9-10H2,1-4H3,(H,14,15). The summed E-state index contributed by atoms with van der Waals surface area (Å²) in [7, 11) is -2.04. The van der Waals surface area contributed by atoms with Crippen molar-refractivity contribution in [2.45, 2.75) is 31.7 Å². The maximum Gasteiger partial charge on any atom is 0.247 e. The van der Waals surface area contributed by atoms with Crippen LogP contribution in [0.4, 0.5) is 5.82 Å². The van der Waals surface area contributed by atoms with Crippen molar-refractivity contribution < 1.29 is 13.2 Å². The van der Waals surface area contributed by atoms with E-state index in [2.05, 4.69) is 10.3 Å². The molecule has 0 aliphatic heterocycles.